The van der Waals surface area contributed by atoms with Crippen molar-refractivity contribution in [3.05, 3.63) is 17.5 Å². The summed E-state index contributed by atoms with van der Waals surface area (Å²) in [6, 6.07) is 2.09. The molecule has 3 heterocycles. The summed E-state index contributed by atoms with van der Waals surface area (Å²) in [6.45, 7) is 11.7. The first-order valence-electron chi connectivity index (χ1n) is 8.95. The molecule has 134 valence electrons. The van der Waals surface area contributed by atoms with Crippen molar-refractivity contribution in [3.8, 4) is 0 Å². The minimum atomic E-state index is 0.144. The van der Waals surface area contributed by atoms with Gasteiger partial charge in [0.2, 0.25) is 5.91 Å². The number of carbonyl (C=O) groups excluding carboxylic acids is 1. The van der Waals surface area contributed by atoms with Crippen molar-refractivity contribution in [2.45, 2.75) is 32.9 Å². The summed E-state index contributed by atoms with van der Waals surface area (Å²) < 4.78 is 7.92. The minimum absolute atomic E-state index is 0.144. The SMILES string of the molecule is Cc1cc(C)n(CC2CN(CCC(=O)N3CCNCC3)CCO2)n1. The molecule has 0 spiro atoms. The van der Waals surface area contributed by atoms with Gasteiger partial charge in [-0.1, -0.05) is 0 Å². The van der Waals surface area contributed by atoms with Crippen LogP contribution in [0.1, 0.15) is 17.8 Å². The van der Waals surface area contributed by atoms with E-state index in [9.17, 15) is 4.79 Å². The van der Waals surface area contributed by atoms with Gasteiger partial charge < -0.3 is 15.0 Å². The predicted molar refractivity (Wildman–Crippen MR) is 91.9 cm³/mol. The molecule has 0 saturated carbocycles. The predicted octanol–water partition coefficient (Wildman–Crippen LogP) is 0.0226. The third-order valence-electron chi connectivity index (χ3n) is 4.81. The van der Waals surface area contributed by atoms with Crippen LogP contribution in [-0.2, 0) is 16.1 Å². The van der Waals surface area contributed by atoms with Crippen LogP contribution in [0, 0.1) is 13.8 Å². The monoisotopic (exact) mass is 335 g/mol. The van der Waals surface area contributed by atoms with E-state index in [4.69, 9.17) is 4.74 Å². The van der Waals surface area contributed by atoms with Crippen molar-refractivity contribution in [2.75, 3.05) is 52.4 Å². The average molecular weight is 335 g/mol. The number of hydrogen-bond acceptors (Lipinski definition) is 5. The Morgan fingerprint density at radius 1 is 1.33 bits per heavy atom. The Labute approximate surface area is 143 Å². The maximum absolute atomic E-state index is 12.3. The number of ether oxygens (including phenoxy) is 1. The standard InChI is InChI=1S/C17H29N5O2/c1-14-11-15(2)22(19-14)13-16-12-20(9-10-24-16)6-3-17(23)21-7-4-18-5-8-21/h11,16,18H,3-10,12-13H2,1-2H3. The fraction of sp³-hybridized carbons (Fsp3) is 0.765. The molecule has 7 nitrogen and oxygen atoms in total. The highest BCUT2D eigenvalue weighted by Gasteiger charge is 2.23. The van der Waals surface area contributed by atoms with E-state index in [0.29, 0.717) is 6.42 Å². The van der Waals surface area contributed by atoms with E-state index in [0.717, 1.165) is 64.7 Å². The highest BCUT2D eigenvalue weighted by Crippen LogP contribution is 2.11. The molecular weight excluding hydrogens is 306 g/mol. The average Bonchev–Trinajstić information content (AvgIpc) is 2.91. The number of nitrogens with one attached hydrogen (secondary N) is 1. The summed E-state index contributed by atoms with van der Waals surface area (Å²) in [5.74, 6) is 0.276. The van der Waals surface area contributed by atoms with Crippen molar-refractivity contribution in [3.63, 3.8) is 0 Å². The zero-order valence-corrected chi connectivity index (χ0v) is 14.8. The molecular formula is C17H29N5O2. The lowest BCUT2D eigenvalue weighted by Gasteiger charge is -2.34. The molecule has 1 aromatic rings. The summed E-state index contributed by atoms with van der Waals surface area (Å²) in [6.07, 6.45) is 0.748. The van der Waals surface area contributed by atoms with Crippen LogP contribution >= 0.6 is 0 Å². The first-order chi connectivity index (χ1) is 11.6. The van der Waals surface area contributed by atoms with Gasteiger partial charge in [-0.2, -0.15) is 5.10 Å². The summed E-state index contributed by atoms with van der Waals surface area (Å²) in [5.41, 5.74) is 2.21. The highest BCUT2D eigenvalue weighted by molar-refractivity contribution is 5.76. The number of morpholine rings is 1. The molecule has 2 aliphatic heterocycles. The van der Waals surface area contributed by atoms with Gasteiger partial charge in [-0.25, -0.2) is 0 Å². The Bertz CT molecular complexity index is 553. The van der Waals surface area contributed by atoms with Crippen LogP contribution in [0.5, 0.6) is 0 Å². The first-order valence-corrected chi connectivity index (χ1v) is 8.95. The number of aryl methyl sites for hydroxylation is 2. The van der Waals surface area contributed by atoms with Gasteiger partial charge >= 0.3 is 0 Å². The Hall–Kier alpha value is -1.44. The number of nitrogens with zero attached hydrogens (tertiary/aromatic N) is 4. The molecule has 0 aliphatic carbocycles. The van der Waals surface area contributed by atoms with E-state index in [-0.39, 0.29) is 12.0 Å². The van der Waals surface area contributed by atoms with E-state index < -0.39 is 0 Å². The zero-order chi connectivity index (χ0) is 16.9. The van der Waals surface area contributed by atoms with Gasteiger partial charge in [0.25, 0.3) is 0 Å². The largest absolute Gasteiger partial charge is 0.374 e. The summed E-state index contributed by atoms with van der Waals surface area (Å²) in [7, 11) is 0. The highest BCUT2D eigenvalue weighted by atomic mass is 16.5. The quantitative estimate of drug-likeness (QED) is 0.822. The molecule has 0 bridgehead atoms. The van der Waals surface area contributed by atoms with E-state index in [2.05, 4.69) is 28.3 Å². The number of carbonyl (C=O) groups is 1. The van der Waals surface area contributed by atoms with E-state index in [1.807, 2.05) is 16.5 Å². The molecule has 1 amide bonds. The van der Waals surface area contributed by atoms with Crippen molar-refractivity contribution in [1.29, 1.82) is 0 Å². The Kier molecular flexibility index (Phi) is 5.86. The van der Waals surface area contributed by atoms with Crippen LogP contribution in [0.4, 0.5) is 0 Å². The lowest BCUT2D eigenvalue weighted by Crippen LogP contribution is -2.48. The van der Waals surface area contributed by atoms with Gasteiger partial charge in [0.15, 0.2) is 0 Å². The first kappa shape index (κ1) is 17.4. The molecule has 2 fully saturated rings. The molecule has 1 aromatic heterocycles. The smallest absolute Gasteiger partial charge is 0.223 e. The molecule has 3 rings (SSSR count). The van der Waals surface area contributed by atoms with Crippen LogP contribution in [0.15, 0.2) is 6.07 Å². The minimum Gasteiger partial charge on any atom is -0.374 e. The van der Waals surface area contributed by atoms with Crippen molar-refractivity contribution in [2.24, 2.45) is 0 Å². The van der Waals surface area contributed by atoms with Crippen LogP contribution in [-0.4, -0.2) is 84.0 Å². The van der Waals surface area contributed by atoms with E-state index in [1.54, 1.807) is 0 Å². The third-order valence-corrected chi connectivity index (χ3v) is 4.81. The number of piperazine rings is 1. The maximum atomic E-state index is 12.3. The van der Waals surface area contributed by atoms with Crippen molar-refractivity contribution < 1.29 is 9.53 Å². The normalized spacial score (nSPS) is 22.8. The van der Waals surface area contributed by atoms with Crippen LogP contribution < -0.4 is 5.32 Å². The van der Waals surface area contributed by atoms with Gasteiger partial charge in [0.1, 0.15) is 0 Å². The van der Waals surface area contributed by atoms with Crippen LogP contribution in [0.25, 0.3) is 0 Å². The van der Waals surface area contributed by atoms with Crippen molar-refractivity contribution >= 4 is 5.91 Å². The number of aromatic nitrogens is 2. The lowest BCUT2D eigenvalue weighted by molar-refractivity contribution is -0.132. The number of rotatable bonds is 5. The van der Waals surface area contributed by atoms with Gasteiger partial charge in [0, 0.05) is 57.9 Å². The molecule has 0 radical (unpaired) electrons. The molecule has 1 unspecified atom stereocenters. The summed E-state index contributed by atoms with van der Waals surface area (Å²) >= 11 is 0. The van der Waals surface area contributed by atoms with Crippen molar-refractivity contribution in [1.82, 2.24) is 24.9 Å². The van der Waals surface area contributed by atoms with E-state index in [1.165, 1.54) is 5.69 Å². The molecule has 7 heteroatoms. The van der Waals surface area contributed by atoms with Gasteiger partial charge in [-0.3, -0.25) is 14.4 Å². The fourth-order valence-electron chi connectivity index (χ4n) is 3.47. The molecule has 2 saturated heterocycles. The second-order valence-corrected chi connectivity index (χ2v) is 6.78. The summed E-state index contributed by atoms with van der Waals surface area (Å²) in [5, 5.41) is 7.80. The van der Waals surface area contributed by atoms with Crippen LogP contribution in [0.2, 0.25) is 0 Å². The topological polar surface area (TPSA) is 62.6 Å². The van der Waals surface area contributed by atoms with Gasteiger partial charge in [-0.15, -0.1) is 0 Å². The third kappa shape index (κ3) is 4.55. The van der Waals surface area contributed by atoms with E-state index >= 15 is 0 Å². The van der Waals surface area contributed by atoms with Crippen LogP contribution in [0.3, 0.4) is 0 Å². The Balaban J connectivity index is 1.45. The molecule has 0 aromatic carbocycles. The van der Waals surface area contributed by atoms with Gasteiger partial charge in [0.05, 0.1) is 24.9 Å². The fourth-order valence-corrected chi connectivity index (χ4v) is 3.47. The Morgan fingerprint density at radius 2 is 2.12 bits per heavy atom. The zero-order valence-electron chi connectivity index (χ0n) is 14.8. The maximum Gasteiger partial charge on any atom is 0.223 e. The molecule has 2 aliphatic rings. The summed E-state index contributed by atoms with van der Waals surface area (Å²) in [4.78, 5) is 16.6. The molecule has 24 heavy (non-hydrogen) atoms. The second-order valence-electron chi connectivity index (χ2n) is 6.78. The molecule has 1 atom stereocenters. The number of hydrogen-bond donors (Lipinski definition) is 1. The molecule has 1 N–H and O–H groups in total. The lowest BCUT2D eigenvalue weighted by atomic mass is 10.2. The number of amides is 1. The Morgan fingerprint density at radius 3 is 2.83 bits per heavy atom. The van der Waals surface area contributed by atoms with Gasteiger partial charge in [-0.05, 0) is 19.9 Å². The second kappa shape index (κ2) is 8.09.